The number of thiol groups is 1. The van der Waals surface area contributed by atoms with E-state index >= 15 is 0 Å². The lowest BCUT2D eigenvalue weighted by atomic mass is 10.0. The molecule has 1 saturated heterocycles. The second-order valence-electron chi connectivity index (χ2n) is 7.36. The zero-order valence-corrected chi connectivity index (χ0v) is 18.2. The summed E-state index contributed by atoms with van der Waals surface area (Å²) in [5.41, 5.74) is 3.38. The molecule has 2 rings (SSSR count). The van der Waals surface area contributed by atoms with Crippen molar-refractivity contribution in [3.8, 4) is 0 Å². The number of rotatable bonds is 2. The van der Waals surface area contributed by atoms with Crippen molar-refractivity contribution in [1.82, 2.24) is 9.80 Å². The van der Waals surface area contributed by atoms with Crippen LogP contribution in [-0.2, 0) is 11.3 Å². The van der Waals surface area contributed by atoms with Crippen LogP contribution < -0.4 is 0 Å². The molecule has 134 valence electrons. The lowest BCUT2D eigenvalue weighted by Crippen LogP contribution is -2.49. The van der Waals surface area contributed by atoms with Crippen LogP contribution in [-0.4, -0.2) is 47.7 Å². The fourth-order valence-electron chi connectivity index (χ4n) is 2.74. The lowest BCUT2D eigenvalue weighted by Gasteiger charge is -2.36. The molecule has 0 unspecified atom stereocenters. The molecule has 1 aliphatic heterocycles. The Morgan fingerprint density at radius 1 is 1.21 bits per heavy atom. The van der Waals surface area contributed by atoms with Gasteiger partial charge in [0.25, 0.3) is 0 Å². The molecule has 0 spiro atoms. The number of hydrogen-bond acceptors (Lipinski definition) is 4. The summed E-state index contributed by atoms with van der Waals surface area (Å²) in [7, 11) is 0. The molecule has 1 heterocycles. The van der Waals surface area contributed by atoms with Gasteiger partial charge >= 0.3 is 6.09 Å². The Morgan fingerprint density at radius 2 is 1.79 bits per heavy atom. The Kier molecular flexibility index (Phi) is 6.47. The van der Waals surface area contributed by atoms with Crippen molar-refractivity contribution in [3.05, 3.63) is 26.3 Å². The molecule has 0 saturated carbocycles. The first kappa shape index (κ1) is 19.8. The molecule has 0 atom stereocenters. The number of piperazine rings is 1. The Labute approximate surface area is 164 Å². The van der Waals surface area contributed by atoms with E-state index in [1.807, 2.05) is 20.8 Å². The highest BCUT2D eigenvalue weighted by Crippen LogP contribution is 2.27. The molecule has 1 aromatic rings. The Morgan fingerprint density at radius 3 is 2.33 bits per heavy atom. The van der Waals surface area contributed by atoms with E-state index in [4.69, 9.17) is 4.74 Å². The average Bonchev–Trinajstić information content (AvgIpc) is 2.49. The lowest BCUT2D eigenvalue weighted by molar-refractivity contribution is 0.0139. The van der Waals surface area contributed by atoms with Gasteiger partial charge in [0.2, 0.25) is 0 Å². The zero-order valence-electron chi connectivity index (χ0n) is 15.1. The minimum atomic E-state index is -0.438. The summed E-state index contributed by atoms with van der Waals surface area (Å²) >= 11 is 7.03. The van der Waals surface area contributed by atoms with Gasteiger partial charge in [0.1, 0.15) is 5.60 Å². The van der Waals surface area contributed by atoms with Crippen LogP contribution >= 0.6 is 35.2 Å². The summed E-state index contributed by atoms with van der Waals surface area (Å²) in [6.07, 6.45) is -0.208. The van der Waals surface area contributed by atoms with Crippen molar-refractivity contribution in [2.24, 2.45) is 0 Å². The van der Waals surface area contributed by atoms with Crippen LogP contribution in [0.15, 0.2) is 11.0 Å². The Bertz CT molecular complexity index is 620. The fourth-order valence-corrected chi connectivity index (χ4v) is 3.86. The number of nitrogens with zero attached hydrogens (tertiary/aromatic N) is 2. The first-order valence-corrected chi connectivity index (χ1v) is 9.79. The molecule has 0 N–H and O–H groups in total. The quantitative estimate of drug-likeness (QED) is 0.527. The molecule has 1 aromatic carbocycles. The van der Waals surface area contributed by atoms with E-state index in [2.05, 4.69) is 60.0 Å². The molecule has 0 aliphatic carbocycles. The van der Waals surface area contributed by atoms with E-state index in [1.54, 1.807) is 4.90 Å². The SMILES string of the molecule is Cc1c(I)cc(CN2CCN(C(=O)OC(C)(C)C)CC2)c(C)c1S. The van der Waals surface area contributed by atoms with Crippen molar-refractivity contribution in [3.63, 3.8) is 0 Å². The molecular weight excluding hydrogens is 435 g/mol. The summed E-state index contributed by atoms with van der Waals surface area (Å²) in [5, 5.41) is 0. The van der Waals surface area contributed by atoms with E-state index in [0.29, 0.717) is 13.1 Å². The van der Waals surface area contributed by atoms with Crippen LogP contribution in [0.1, 0.15) is 37.5 Å². The largest absolute Gasteiger partial charge is 0.444 e. The van der Waals surface area contributed by atoms with E-state index in [9.17, 15) is 4.79 Å². The number of amides is 1. The average molecular weight is 462 g/mol. The van der Waals surface area contributed by atoms with Gasteiger partial charge in [0, 0.05) is 41.2 Å². The van der Waals surface area contributed by atoms with Crippen molar-refractivity contribution in [2.75, 3.05) is 26.2 Å². The standard InChI is InChI=1S/C18H27IN2O2S/c1-12-14(10-15(19)13(2)16(12)24)11-20-6-8-21(9-7-20)17(22)23-18(3,4)5/h10,24H,6-9,11H2,1-5H3. The molecule has 0 bridgehead atoms. The Balaban J connectivity index is 1.96. The first-order valence-electron chi connectivity index (χ1n) is 8.26. The van der Waals surface area contributed by atoms with Crippen molar-refractivity contribution in [1.29, 1.82) is 0 Å². The number of halogens is 1. The third-order valence-electron chi connectivity index (χ3n) is 4.27. The number of hydrogen-bond donors (Lipinski definition) is 1. The van der Waals surface area contributed by atoms with Crippen LogP contribution in [0.5, 0.6) is 0 Å². The van der Waals surface area contributed by atoms with Gasteiger partial charge in [-0.1, -0.05) is 0 Å². The van der Waals surface area contributed by atoms with Crippen LogP contribution in [0.2, 0.25) is 0 Å². The second kappa shape index (κ2) is 7.83. The molecule has 1 amide bonds. The van der Waals surface area contributed by atoms with Gasteiger partial charge in [-0.2, -0.15) is 0 Å². The van der Waals surface area contributed by atoms with Crippen molar-refractivity contribution >= 4 is 41.3 Å². The third-order valence-corrected chi connectivity index (χ3v) is 6.06. The van der Waals surface area contributed by atoms with Gasteiger partial charge in [-0.25, -0.2) is 4.79 Å². The van der Waals surface area contributed by atoms with Gasteiger partial charge in [-0.15, -0.1) is 12.6 Å². The highest BCUT2D eigenvalue weighted by molar-refractivity contribution is 14.1. The van der Waals surface area contributed by atoms with E-state index in [-0.39, 0.29) is 6.09 Å². The normalized spacial score (nSPS) is 16.4. The summed E-state index contributed by atoms with van der Waals surface area (Å²) in [6, 6.07) is 2.26. The van der Waals surface area contributed by atoms with Gasteiger partial charge in [-0.05, 0) is 80.0 Å². The van der Waals surface area contributed by atoms with Crippen LogP contribution in [0.25, 0.3) is 0 Å². The minimum Gasteiger partial charge on any atom is -0.444 e. The monoisotopic (exact) mass is 462 g/mol. The molecule has 0 aromatic heterocycles. The minimum absolute atomic E-state index is 0.208. The number of carbonyl (C=O) groups excluding carboxylic acids is 1. The predicted molar refractivity (Wildman–Crippen MR) is 109 cm³/mol. The zero-order chi connectivity index (χ0) is 18.1. The molecule has 24 heavy (non-hydrogen) atoms. The maximum absolute atomic E-state index is 12.1. The van der Waals surface area contributed by atoms with E-state index in [0.717, 1.165) is 24.5 Å². The van der Waals surface area contributed by atoms with Gasteiger partial charge in [0.15, 0.2) is 0 Å². The fraction of sp³-hybridized carbons (Fsp3) is 0.611. The highest BCUT2D eigenvalue weighted by Gasteiger charge is 2.26. The third kappa shape index (κ3) is 5.02. The smallest absolute Gasteiger partial charge is 0.410 e. The molecule has 0 radical (unpaired) electrons. The number of benzene rings is 1. The topological polar surface area (TPSA) is 32.8 Å². The maximum atomic E-state index is 12.1. The maximum Gasteiger partial charge on any atom is 0.410 e. The molecule has 1 fully saturated rings. The molecule has 1 aliphatic rings. The highest BCUT2D eigenvalue weighted by atomic mass is 127. The molecule has 4 nitrogen and oxygen atoms in total. The molecular formula is C18H27IN2O2S. The Hall–Kier alpha value is -0.470. The van der Waals surface area contributed by atoms with Crippen LogP contribution in [0.3, 0.4) is 0 Å². The van der Waals surface area contributed by atoms with Gasteiger partial charge in [0.05, 0.1) is 0 Å². The first-order chi connectivity index (χ1) is 11.1. The summed E-state index contributed by atoms with van der Waals surface area (Å²) in [6.45, 7) is 14.0. The van der Waals surface area contributed by atoms with E-state index < -0.39 is 5.60 Å². The van der Waals surface area contributed by atoms with Crippen molar-refractivity contribution in [2.45, 2.75) is 51.7 Å². The van der Waals surface area contributed by atoms with Gasteiger partial charge in [-0.3, -0.25) is 4.90 Å². The predicted octanol–water partition coefficient (Wildman–Crippen LogP) is 4.25. The molecule has 6 heteroatoms. The second-order valence-corrected chi connectivity index (χ2v) is 8.97. The number of ether oxygens (including phenoxy) is 1. The van der Waals surface area contributed by atoms with Crippen LogP contribution in [0, 0.1) is 17.4 Å². The summed E-state index contributed by atoms with van der Waals surface area (Å²) in [4.78, 5) is 17.4. The summed E-state index contributed by atoms with van der Waals surface area (Å²) in [5.74, 6) is 0. The summed E-state index contributed by atoms with van der Waals surface area (Å²) < 4.78 is 6.71. The number of carbonyl (C=O) groups is 1. The van der Waals surface area contributed by atoms with Crippen molar-refractivity contribution < 1.29 is 9.53 Å². The van der Waals surface area contributed by atoms with E-state index in [1.165, 1.54) is 20.3 Å². The van der Waals surface area contributed by atoms with Crippen LogP contribution in [0.4, 0.5) is 4.79 Å². The van der Waals surface area contributed by atoms with Gasteiger partial charge < -0.3 is 9.64 Å².